The molecule has 0 aromatic rings. The van der Waals surface area contributed by atoms with Crippen LogP contribution in [-0.4, -0.2) is 52.7 Å². The van der Waals surface area contributed by atoms with Crippen molar-refractivity contribution in [2.75, 3.05) is 13.1 Å². The number of rotatable bonds is 6. The van der Waals surface area contributed by atoms with E-state index in [0.29, 0.717) is 12.3 Å². The summed E-state index contributed by atoms with van der Waals surface area (Å²) in [7, 11) is 0. The maximum Gasteiger partial charge on any atom is 0.334 e. The van der Waals surface area contributed by atoms with Crippen LogP contribution in [0.2, 0.25) is 0 Å². The lowest BCUT2D eigenvalue weighted by Crippen LogP contribution is -2.47. The second-order valence-electron chi connectivity index (χ2n) is 7.92. The van der Waals surface area contributed by atoms with Crippen molar-refractivity contribution in [2.24, 2.45) is 5.92 Å². The minimum Gasteiger partial charge on any atom is -0.352 e. The number of nitrogens with zero attached hydrogens (tertiary/aromatic N) is 2. The first-order valence-electron chi connectivity index (χ1n) is 10.1. The molecule has 27 heavy (non-hydrogen) atoms. The van der Waals surface area contributed by atoms with Gasteiger partial charge in [-0.15, -0.1) is 0 Å². The van der Waals surface area contributed by atoms with Crippen molar-refractivity contribution in [3.05, 3.63) is 11.6 Å². The zero-order chi connectivity index (χ0) is 19.4. The number of imide groups is 2. The molecule has 3 rings (SSSR count). The lowest BCUT2D eigenvalue weighted by atomic mass is 9.86. The van der Waals surface area contributed by atoms with Gasteiger partial charge in [-0.25, -0.2) is 9.69 Å². The van der Waals surface area contributed by atoms with Gasteiger partial charge in [-0.2, -0.15) is 0 Å². The molecule has 0 spiro atoms. The molecule has 7 nitrogen and oxygen atoms in total. The van der Waals surface area contributed by atoms with Gasteiger partial charge in [0.1, 0.15) is 6.54 Å². The smallest absolute Gasteiger partial charge is 0.334 e. The Labute approximate surface area is 160 Å². The van der Waals surface area contributed by atoms with Crippen molar-refractivity contribution >= 4 is 23.8 Å². The Hall–Kier alpha value is -2.18. The number of allylic oxidation sites excluding steroid dienone is 1. The molecule has 0 aromatic heterocycles. The van der Waals surface area contributed by atoms with E-state index in [9.17, 15) is 19.2 Å². The first-order chi connectivity index (χ1) is 13.0. The van der Waals surface area contributed by atoms with Crippen LogP contribution in [-0.2, 0) is 14.4 Å². The second kappa shape index (κ2) is 8.67. The third-order valence-electron chi connectivity index (χ3n) is 5.94. The SMILES string of the molecule is C[C@H]1CCCC[C@@H]1NC(=O)CN1C(=O)C(=O)N(CCC2=CCCCC2)C1=O. The number of carbonyl (C=O) groups excluding carboxylic acids is 4. The molecule has 1 aliphatic heterocycles. The molecule has 148 valence electrons. The van der Waals surface area contributed by atoms with E-state index in [1.54, 1.807) is 0 Å². The Bertz CT molecular complexity index is 658. The van der Waals surface area contributed by atoms with Crippen molar-refractivity contribution in [2.45, 2.75) is 70.8 Å². The Kier molecular flexibility index (Phi) is 6.29. The predicted molar refractivity (Wildman–Crippen MR) is 99.6 cm³/mol. The molecule has 0 bridgehead atoms. The van der Waals surface area contributed by atoms with E-state index in [4.69, 9.17) is 0 Å². The zero-order valence-electron chi connectivity index (χ0n) is 16.0. The van der Waals surface area contributed by atoms with Gasteiger partial charge >= 0.3 is 17.8 Å². The number of carbonyl (C=O) groups is 4. The predicted octanol–water partition coefficient (Wildman–Crippen LogP) is 2.36. The van der Waals surface area contributed by atoms with Crippen LogP contribution in [0.15, 0.2) is 11.6 Å². The van der Waals surface area contributed by atoms with Crippen LogP contribution in [0.3, 0.4) is 0 Å². The normalized spacial score (nSPS) is 26.4. The van der Waals surface area contributed by atoms with Crippen LogP contribution < -0.4 is 5.32 Å². The van der Waals surface area contributed by atoms with Crippen molar-refractivity contribution in [1.82, 2.24) is 15.1 Å². The summed E-state index contributed by atoms with van der Waals surface area (Å²) in [4.78, 5) is 51.0. The number of urea groups is 1. The number of amides is 5. The summed E-state index contributed by atoms with van der Waals surface area (Å²) < 4.78 is 0. The van der Waals surface area contributed by atoms with Crippen molar-refractivity contribution in [3.8, 4) is 0 Å². The van der Waals surface area contributed by atoms with Gasteiger partial charge in [-0.1, -0.05) is 31.4 Å². The topological polar surface area (TPSA) is 86.8 Å². The van der Waals surface area contributed by atoms with E-state index in [1.807, 2.05) is 0 Å². The highest BCUT2D eigenvalue weighted by atomic mass is 16.2. The van der Waals surface area contributed by atoms with Gasteiger partial charge in [0.2, 0.25) is 5.91 Å². The lowest BCUT2D eigenvalue weighted by molar-refractivity contribution is -0.144. The van der Waals surface area contributed by atoms with Gasteiger partial charge in [-0.05, 0) is 50.9 Å². The van der Waals surface area contributed by atoms with Crippen LogP contribution >= 0.6 is 0 Å². The fraction of sp³-hybridized carbons (Fsp3) is 0.700. The molecule has 2 fully saturated rings. The summed E-state index contributed by atoms with van der Waals surface area (Å²) in [5.41, 5.74) is 1.23. The third-order valence-corrected chi connectivity index (χ3v) is 5.94. The monoisotopic (exact) mass is 375 g/mol. The van der Waals surface area contributed by atoms with Crippen LogP contribution in [0, 0.1) is 5.92 Å². The maximum atomic E-state index is 12.5. The summed E-state index contributed by atoms with van der Waals surface area (Å²) in [5.74, 6) is -1.71. The fourth-order valence-corrected chi connectivity index (χ4v) is 4.20. The van der Waals surface area contributed by atoms with Crippen LogP contribution in [0.25, 0.3) is 0 Å². The standard InChI is InChI=1S/C20H29N3O4/c1-14-7-5-6-10-16(14)21-17(24)13-23-19(26)18(25)22(20(23)27)12-11-15-8-3-2-4-9-15/h8,14,16H,2-7,9-13H2,1H3,(H,21,24)/t14-,16-/m0/s1. The molecule has 0 aromatic carbocycles. The quantitative estimate of drug-likeness (QED) is 0.439. The largest absolute Gasteiger partial charge is 0.352 e. The molecule has 3 aliphatic rings. The molecule has 1 N–H and O–H groups in total. The van der Waals surface area contributed by atoms with Crippen LogP contribution in [0.4, 0.5) is 4.79 Å². The summed E-state index contributed by atoms with van der Waals surface area (Å²) in [6.07, 6.45) is 11.3. The third kappa shape index (κ3) is 4.57. The second-order valence-corrected chi connectivity index (χ2v) is 7.92. The zero-order valence-corrected chi connectivity index (χ0v) is 16.0. The maximum absolute atomic E-state index is 12.5. The Balaban J connectivity index is 1.55. The molecule has 7 heteroatoms. The number of nitrogens with one attached hydrogen (secondary N) is 1. The minimum atomic E-state index is -0.899. The molecule has 2 atom stereocenters. The van der Waals surface area contributed by atoms with E-state index in [2.05, 4.69) is 18.3 Å². The Morgan fingerprint density at radius 3 is 2.52 bits per heavy atom. The van der Waals surface area contributed by atoms with Gasteiger partial charge in [-0.3, -0.25) is 19.3 Å². The molecule has 5 amide bonds. The highest BCUT2D eigenvalue weighted by molar-refractivity contribution is 6.45. The molecular weight excluding hydrogens is 346 g/mol. The molecule has 2 aliphatic carbocycles. The van der Waals surface area contributed by atoms with E-state index < -0.39 is 17.8 Å². The van der Waals surface area contributed by atoms with Crippen molar-refractivity contribution in [3.63, 3.8) is 0 Å². The van der Waals surface area contributed by atoms with E-state index in [1.165, 1.54) is 12.0 Å². The van der Waals surface area contributed by atoms with E-state index >= 15 is 0 Å². The van der Waals surface area contributed by atoms with Crippen molar-refractivity contribution < 1.29 is 19.2 Å². The van der Waals surface area contributed by atoms with Gasteiger partial charge in [0.15, 0.2) is 0 Å². The van der Waals surface area contributed by atoms with E-state index in [0.717, 1.165) is 54.7 Å². The molecular formula is C20H29N3O4. The average Bonchev–Trinajstić information content (AvgIpc) is 2.86. The lowest BCUT2D eigenvalue weighted by Gasteiger charge is -2.29. The van der Waals surface area contributed by atoms with Gasteiger partial charge in [0.05, 0.1) is 0 Å². The van der Waals surface area contributed by atoms with Crippen LogP contribution in [0.1, 0.15) is 64.7 Å². The number of hydrogen-bond donors (Lipinski definition) is 1. The Morgan fingerprint density at radius 1 is 1.07 bits per heavy atom. The fourth-order valence-electron chi connectivity index (χ4n) is 4.20. The van der Waals surface area contributed by atoms with E-state index in [-0.39, 0.29) is 25.0 Å². The summed E-state index contributed by atoms with van der Waals surface area (Å²) >= 11 is 0. The number of hydrogen-bond acceptors (Lipinski definition) is 4. The molecule has 0 radical (unpaired) electrons. The summed E-state index contributed by atoms with van der Waals surface area (Å²) in [6.45, 7) is 1.92. The van der Waals surface area contributed by atoms with Crippen molar-refractivity contribution in [1.29, 1.82) is 0 Å². The van der Waals surface area contributed by atoms with Gasteiger partial charge in [0, 0.05) is 12.6 Å². The molecule has 1 saturated heterocycles. The average molecular weight is 375 g/mol. The molecule has 0 unspecified atom stereocenters. The highest BCUT2D eigenvalue weighted by Crippen LogP contribution is 2.24. The molecule has 1 heterocycles. The van der Waals surface area contributed by atoms with Gasteiger partial charge in [0.25, 0.3) is 0 Å². The summed E-state index contributed by atoms with van der Waals surface area (Å²) in [5, 5.41) is 2.93. The summed E-state index contributed by atoms with van der Waals surface area (Å²) in [6, 6.07) is -0.600. The first kappa shape index (κ1) is 19.6. The molecule has 1 saturated carbocycles. The first-order valence-corrected chi connectivity index (χ1v) is 10.1. The van der Waals surface area contributed by atoms with Crippen LogP contribution in [0.5, 0.6) is 0 Å². The minimum absolute atomic E-state index is 0.0732. The van der Waals surface area contributed by atoms with Gasteiger partial charge < -0.3 is 5.32 Å². The highest BCUT2D eigenvalue weighted by Gasteiger charge is 2.45. The Morgan fingerprint density at radius 2 is 1.81 bits per heavy atom.